The van der Waals surface area contributed by atoms with Crippen LogP contribution in [0.2, 0.25) is 0 Å². The Kier molecular flexibility index (Phi) is 3.89. The predicted molar refractivity (Wildman–Crippen MR) is 94.2 cm³/mol. The molecule has 0 amide bonds. The van der Waals surface area contributed by atoms with Crippen LogP contribution in [0, 0.1) is 0 Å². The fraction of sp³-hybridized carbons (Fsp3) is 0.222. The summed E-state index contributed by atoms with van der Waals surface area (Å²) in [5, 5.41) is 0. The molecule has 0 aliphatic carbocycles. The van der Waals surface area contributed by atoms with Crippen LogP contribution < -0.4 is 15.4 Å². The van der Waals surface area contributed by atoms with Crippen molar-refractivity contribution >= 4 is 11.6 Å². The van der Waals surface area contributed by atoms with E-state index >= 15 is 0 Å². The van der Waals surface area contributed by atoms with Crippen molar-refractivity contribution in [2.45, 2.75) is 19.5 Å². The van der Waals surface area contributed by atoms with Gasteiger partial charge in [0.25, 0.3) is 0 Å². The highest BCUT2D eigenvalue weighted by Gasteiger charge is 2.22. The molecule has 1 aliphatic rings. The topological polar surface area (TPSA) is 90.1 Å². The van der Waals surface area contributed by atoms with Gasteiger partial charge in [0.05, 0.1) is 31.7 Å². The van der Waals surface area contributed by atoms with Crippen LogP contribution in [0.1, 0.15) is 22.6 Å². The predicted octanol–water partition coefficient (Wildman–Crippen LogP) is 1.97. The third kappa shape index (κ3) is 3.21. The molecule has 0 spiro atoms. The molecule has 4 rings (SSSR count). The number of anilines is 2. The monoisotopic (exact) mass is 334 g/mol. The second-order valence-corrected chi connectivity index (χ2v) is 5.94. The molecule has 0 atom stereocenters. The highest BCUT2D eigenvalue weighted by atomic mass is 16.5. The minimum Gasteiger partial charge on any atom is -0.497 e. The molecule has 126 valence electrons. The quantitative estimate of drug-likeness (QED) is 0.780. The minimum atomic E-state index is 0.416. The van der Waals surface area contributed by atoms with E-state index in [-0.39, 0.29) is 0 Å². The van der Waals surface area contributed by atoms with Gasteiger partial charge >= 0.3 is 0 Å². The second kappa shape index (κ2) is 6.35. The number of hydrogen-bond donors (Lipinski definition) is 1. The van der Waals surface area contributed by atoms with Gasteiger partial charge in [-0.3, -0.25) is 4.98 Å². The average molecular weight is 334 g/mol. The van der Waals surface area contributed by atoms with E-state index in [1.807, 2.05) is 30.5 Å². The third-order valence-corrected chi connectivity index (χ3v) is 4.19. The summed E-state index contributed by atoms with van der Waals surface area (Å²) >= 11 is 0. The van der Waals surface area contributed by atoms with E-state index < -0.39 is 0 Å². The summed E-state index contributed by atoms with van der Waals surface area (Å²) in [4.78, 5) is 19.8. The smallest absolute Gasteiger partial charge is 0.150 e. The molecule has 0 fully saturated rings. The van der Waals surface area contributed by atoms with Gasteiger partial charge in [0.1, 0.15) is 23.2 Å². The fourth-order valence-electron chi connectivity index (χ4n) is 2.89. The Hall–Kier alpha value is -3.22. The van der Waals surface area contributed by atoms with E-state index in [0.29, 0.717) is 18.8 Å². The molecule has 3 aromatic rings. The van der Waals surface area contributed by atoms with Crippen molar-refractivity contribution in [3.8, 4) is 5.75 Å². The number of benzene rings is 1. The lowest BCUT2D eigenvalue weighted by atomic mass is 10.1. The zero-order valence-corrected chi connectivity index (χ0v) is 13.9. The lowest BCUT2D eigenvalue weighted by Crippen LogP contribution is -2.16. The maximum absolute atomic E-state index is 5.72. The molecule has 1 aliphatic heterocycles. The van der Waals surface area contributed by atoms with Crippen molar-refractivity contribution in [3.05, 3.63) is 65.5 Å². The highest BCUT2D eigenvalue weighted by molar-refractivity contribution is 5.46. The Morgan fingerprint density at radius 1 is 1.08 bits per heavy atom. The number of ether oxygens (including phenoxy) is 1. The maximum Gasteiger partial charge on any atom is 0.150 e. The Balaban J connectivity index is 1.51. The molecule has 3 heterocycles. The summed E-state index contributed by atoms with van der Waals surface area (Å²) in [6.07, 6.45) is 5.85. The molecule has 0 saturated heterocycles. The maximum atomic E-state index is 5.72. The number of nitrogen functional groups attached to an aromatic ring is 1. The van der Waals surface area contributed by atoms with E-state index in [2.05, 4.69) is 19.9 Å². The molecule has 7 heteroatoms. The summed E-state index contributed by atoms with van der Waals surface area (Å²) in [6, 6.07) is 7.96. The van der Waals surface area contributed by atoms with Crippen LogP contribution in [-0.4, -0.2) is 27.0 Å². The highest BCUT2D eigenvalue weighted by Crippen LogP contribution is 2.25. The number of fused-ring (bicyclic) bond motifs is 1. The van der Waals surface area contributed by atoms with Gasteiger partial charge in [-0.2, -0.15) is 0 Å². The lowest BCUT2D eigenvalue weighted by Gasteiger charge is -2.15. The van der Waals surface area contributed by atoms with Crippen LogP contribution in [0.4, 0.5) is 11.6 Å². The van der Waals surface area contributed by atoms with Crippen molar-refractivity contribution in [2.75, 3.05) is 17.7 Å². The Morgan fingerprint density at radius 3 is 2.68 bits per heavy atom. The van der Waals surface area contributed by atoms with E-state index in [1.54, 1.807) is 19.5 Å². The number of nitrogens with two attached hydrogens (primary N) is 1. The van der Waals surface area contributed by atoms with E-state index in [4.69, 9.17) is 15.5 Å². The molecule has 0 unspecified atom stereocenters. The first-order chi connectivity index (χ1) is 12.2. The van der Waals surface area contributed by atoms with Crippen LogP contribution >= 0.6 is 0 Å². The van der Waals surface area contributed by atoms with Crippen LogP contribution in [0.25, 0.3) is 0 Å². The molecule has 0 bridgehead atoms. The van der Waals surface area contributed by atoms with Gasteiger partial charge in [0, 0.05) is 24.7 Å². The lowest BCUT2D eigenvalue weighted by molar-refractivity contribution is 0.414. The molecule has 25 heavy (non-hydrogen) atoms. The summed E-state index contributed by atoms with van der Waals surface area (Å²) < 4.78 is 5.19. The van der Waals surface area contributed by atoms with E-state index in [0.717, 1.165) is 40.8 Å². The Bertz CT molecular complexity index is 896. The number of rotatable bonds is 4. The van der Waals surface area contributed by atoms with Gasteiger partial charge in [-0.15, -0.1) is 0 Å². The zero-order valence-electron chi connectivity index (χ0n) is 13.9. The molecule has 0 saturated carbocycles. The van der Waals surface area contributed by atoms with Crippen molar-refractivity contribution in [3.63, 3.8) is 0 Å². The molecular formula is C18H18N6O. The van der Waals surface area contributed by atoms with Gasteiger partial charge in [-0.05, 0) is 17.7 Å². The summed E-state index contributed by atoms with van der Waals surface area (Å²) in [7, 11) is 1.66. The van der Waals surface area contributed by atoms with Crippen LogP contribution in [0.15, 0.2) is 42.9 Å². The normalized spacial score (nSPS) is 12.9. The fourth-order valence-corrected chi connectivity index (χ4v) is 2.89. The third-order valence-electron chi connectivity index (χ3n) is 4.19. The van der Waals surface area contributed by atoms with E-state index in [9.17, 15) is 0 Å². The molecule has 2 N–H and O–H groups in total. The van der Waals surface area contributed by atoms with Crippen molar-refractivity contribution in [1.29, 1.82) is 0 Å². The second-order valence-electron chi connectivity index (χ2n) is 5.94. The first kappa shape index (κ1) is 15.3. The standard InChI is InChI=1S/C18H18N6O/c1-25-14-4-2-12(3-5-14)6-17-21-7-13-10-24(11-15(13)22-17)18-9-20-8-16(19)23-18/h2-5,7-9H,6,10-11H2,1H3,(H2,19,23). The molecular weight excluding hydrogens is 316 g/mol. The van der Waals surface area contributed by atoms with Gasteiger partial charge in [-0.1, -0.05) is 12.1 Å². The largest absolute Gasteiger partial charge is 0.497 e. The van der Waals surface area contributed by atoms with Gasteiger partial charge in [0.15, 0.2) is 0 Å². The van der Waals surface area contributed by atoms with Crippen LogP contribution in [-0.2, 0) is 19.5 Å². The SMILES string of the molecule is COc1ccc(Cc2ncc3c(n2)CN(c2cncc(N)n2)C3)cc1. The van der Waals surface area contributed by atoms with Crippen molar-refractivity contribution < 1.29 is 4.74 Å². The first-order valence-electron chi connectivity index (χ1n) is 8.00. The number of nitrogens with zero attached hydrogens (tertiary/aromatic N) is 5. The van der Waals surface area contributed by atoms with Crippen LogP contribution in [0.3, 0.4) is 0 Å². The Morgan fingerprint density at radius 2 is 1.92 bits per heavy atom. The summed E-state index contributed by atoms with van der Waals surface area (Å²) in [5.74, 6) is 2.83. The molecule has 0 radical (unpaired) electrons. The van der Waals surface area contributed by atoms with Gasteiger partial charge in [0.2, 0.25) is 0 Å². The summed E-state index contributed by atoms with van der Waals surface area (Å²) in [6.45, 7) is 1.40. The van der Waals surface area contributed by atoms with Gasteiger partial charge < -0.3 is 15.4 Å². The van der Waals surface area contributed by atoms with Crippen molar-refractivity contribution in [2.24, 2.45) is 0 Å². The summed E-state index contributed by atoms with van der Waals surface area (Å²) in [5.41, 5.74) is 9.02. The molecule has 7 nitrogen and oxygen atoms in total. The number of methoxy groups -OCH3 is 1. The van der Waals surface area contributed by atoms with Crippen LogP contribution in [0.5, 0.6) is 5.75 Å². The average Bonchev–Trinajstić information content (AvgIpc) is 3.06. The van der Waals surface area contributed by atoms with Crippen molar-refractivity contribution in [1.82, 2.24) is 19.9 Å². The van der Waals surface area contributed by atoms with E-state index in [1.165, 1.54) is 0 Å². The Labute approximate surface area is 145 Å². The number of aromatic nitrogens is 4. The molecule has 1 aromatic carbocycles. The van der Waals surface area contributed by atoms with Gasteiger partial charge in [-0.25, -0.2) is 15.0 Å². The number of hydrogen-bond acceptors (Lipinski definition) is 7. The zero-order chi connectivity index (χ0) is 17.2. The minimum absolute atomic E-state index is 0.416. The first-order valence-corrected chi connectivity index (χ1v) is 8.00. The molecule has 2 aromatic heterocycles.